The van der Waals surface area contributed by atoms with Crippen molar-refractivity contribution in [1.82, 2.24) is 0 Å². The highest BCUT2D eigenvalue weighted by Crippen LogP contribution is 2.26. The zero-order valence-corrected chi connectivity index (χ0v) is 11.9. The summed E-state index contributed by atoms with van der Waals surface area (Å²) in [6.45, 7) is -2.57. The fourth-order valence-corrected chi connectivity index (χ4v) is 1.93. The fraction of sp³-hybridized carbons (Fsp3) is 0.188. The molecule has 2 aromatic carbocycles. The highest BCUT2D eigenvalue weighted by atomic mass is 19.3. The monoisotopic (exact) mass is 307 g/mol. The zero-order chi connectivity index (χ0) is 15.9. The van der Waals surface area contributed by atoms with Crippen LogP contribution in [0.3, 0.4) is 0 Å². The maximum absolute atomic E-state index is 12.3. The van der Waals surface area contributed by atoms with Crippen LogP contribution in [0.4, 0.5) is 14.5 Å². The Labute approximate surface area is 126 Å². The van der Waals surface area contributed by atoms with Crippen molar-refractivity contribution in [3.63, 3.8) is 0 Å². The molecule has 2 aromatic rings. The Bertz CT molecular complexity index is 647. The normalized spacial score (nSPS) is 10.5. The third kappa shape index (κ3) is 4.26. The average molecular weight is 307 g/mol. The van der Waals surface area contributed by atoms with Crippen LogP contribution in [-0.4, -0.2) is 19.6 Å². The Hall–Kier alpha value is -2.47. The number of halogens is 2. The molecule has 116 valence electrons. The first-order chi connectivity index (χ1) is 10.6. The first kappa shape index (κ1) is 15.9. The Morgan fingerprint density at radius 3 is 2.68 bits per heavy atom. The highest BCUT2D eigenvalue weighted by Gasteiger charge is 2.13. The van der Waals surface area contributed by atoms with E-state index in [2.05, 4.69) is 10.1 Å². The van der Waals surface area contributed by atoms with Crippen molar-refractivity contribution in [2.75, 3.05) is 12.4 Å². The van der Waals surface area contributed by atoms with Crippen molar-refractivity contribution < 1.29 is 23.0 Å². The van der Waals surface area contributed by atoms with E-state index in [-0.39, 0.29) is 11.4 Å². The van der Waals surface area contributed by atoms with Gasteiger partial charge >= 0.3 is 6.61 Å². The Kier molecular flexibility index (Phi) is 5.43. The predicted molar refractivity (Wildman–Crippen MR) is 78.2 cm³/mol. The molecule has 0 radical (unpaired) electrons. The second-order valence-electron chi connectivity index (χ2n) is 4.46. The molecule has 0 unspecified atom stereocenters. The molecule has 0 bridgehead atoms. The molecule has 0 fully saturated rings. The van der Waals surface area contributed by atoms with Crippen LogP contribution in [0.15, 0.2) is 48.5 Å². The number of para-hydroxylation sites is 2. The third-order valence-corrected chi connectivity index (χ3v) is 2.85. The number of ether oxygens (including phenoxy) is 2. The molecule has 6 heteroatoms. The SMILES string of the molecule is COCc1cccc(C(=O)Nc2ccccc2OC(F)F)c1. The standard InChI is InChI=1S/C16H15F2NO3/c1-21-10-11-5-4-6-12(9-11)15(20)19-13-7-2-3-8-14(13)22-16(17)18/h2-9,16H,10H2,1H3,(H,19,20). The van der Waals surface area contributed by atoms with Gasteiger partial charge in [-0.25, -0.2) is 0 Å². The number of rotatable bonds is 6. The van der Waals surface area contributed by atoms with Crippen LogP contribution >= 0.6 is 0 Å². The lowest BCUT2D eigenvalue weighted by Crippen LogP contribution is -2.14. The summed E-state index contributed by atoms with van der Waals surface area (Å²) in [5.41, 5.74) is 1.43. The number of amides is 1. The van der Waals surface area contributed by atoms with Crippen LogP contribution in [0.2, 0.25) is 0 Å². The van der Waals surface area contributed by atoms with Crippen molar-refractivity contribution >= 4 is 11.6 Å². The van der Waals surface area contributed by atoms with Gasteiger partial charge in [0.2, 0.25) is 0 Å². The van der Waals surface area contributed by atoms with Gasteiger partial charge in [-0.3, -0.25) is 4.79 Å². The molecule has 0 saturated heterocycles. The lowest BCUT2D eigenvalue weighted by Gasteiger charge is -2.12. The van der Waals surface area contributed by atoms with E-state index in [1.807, 2.05) is 6.07 Å². The van der Waals surface area contributed by atoms with Crippen molar-refractivity contribution in [2.24, 2.45) is 0 Å². The molecule has 4 nitrogen and oxygen atoms in total. The number of hydrogen-bond donors (Lipinski definition) is 1. The summed E-state index contributed by atoms with van der Waals surface area (Å²) in [4.78, 5) is 12.2. The van der Waals surface area contributed by atoms with Gasteiger partial charge < -0.3 is 14.8 Å². The van der Waals surface area contributed by atoms with Gasteiger partial charge in [0.1, 0.15) is 5.75 Å². The number of hydrogen-bond acceptors (Lipinski definition) is 3. The summed E-state index contributed by atoms with van der Waals surface area (Å²) >= 11 is 0. The molecule has 0 aromatic heterocycles. The van der Waals surface area contributed by atoms with Gasteiger partial charge in [-0.15, -0.1) is 0 Å². The van der Waals surface area contributed by atoms with E-state index in [0.29, 0.717) is 12.2 Å². The topological polar surface area (TPSA) is 47.6 Å². The number of alkyl halides is 2. The quantitative estimate of drug-likeness (QED) is 0.885. The molecule has 0 saturated carbocycles. The highest BCUT2D eigenvalue weighted by molar-refractivity contribution is 6.05. The van der Waals surface area contributed by atoms with Gasteiger partial charge in [0, 0.05) is 12.7 Å². The number of carbonyl (C=O) groups excluding carboxylic acids is 1. The molecule has 2 rings (SSSR count). The summed E-state index contributed by atoms with van der Waals surface area (Å²) < 4.78 is 34.1. The predicted octanol–water partition coefficient (Wildman–Crippen LogP) is 3.69. The molecule has 1 amide bonds. The second-order valence-corrected chi connectivity index (χ2v) is 4.46. The van der Waals surface area contributed by atoms with Gasteiger partial charge in [0.15, 0.2) is 0 Å². The Morgan fingerprint density at radius 1 is 1.18 bits per heavy atom. The summed E-state index contributed by atoms with van der Waals surface area (Å²) in [6.07, 6.45) is 0. The summed E-state index contributed by atoms with van der Waals surface area (Å²) in [5.74, 6) is -0.498. The van der Waals surface area contributed by atoms with Gasteiger partial charge in [-0.05, 0) is 29.8 Å². The third-order valence-electron chi connectivity index (χ3n) is 2.85. The Morgan fingerprint density at radius 2 is 1.95 bits per heavy atom. The van der Waals surface area contributed by atoms with E-state index < -0.39 is 12.5 Å². The lowest BCUT2D eigenvalue weighted by molar-refractivity contribution is -0.0493. The lowest BCUT2D eigenvalue weighted by atomic mass is 10.1. The maximum atomic E-state index is 12.3. The minimum atomic E-state index is -2.96. The van der Waals surface area contributed by atoms with E-state index >= 15 is 0 Å². The van der Waals surface area contributed by atoms with Crippen molar-refractivity contribution in [1.29, 1.82) is 0 Å². The molecule has 0 spiro atoms. The molecule has 0 aliphatic carbocycles. The van der Waals surface area contributed by atoms with Crippen LogP contribution in [0.25, 0.3) is 0 Å². The van der Waals surface area contributed by atoms with E-state index in [1.165, 1.54) is 12.1 Å². The van der Waals surface area contributed by atoms with Crippen molar-refractivity contribution in [3.05, 3.63) is 59.7 Å². The minimum absolute atomic E-state index is 0.0844. The molecular formula is C16H15F2NO3. The zero-order valence-electron chi connectivity index (χ0n) is 11.9. The van der Waals surface area contributed by atoms with Crippen molar-refractivity contribution in [2.45, 2.75) is 13.2 Å². The average Bonchev–Trinajstić information content (AvgIpc) is 2.49. The van der Waals surface area contributed by atoms with E-state index in [9.17, 15) is 13.6 Å². The van der Waals surface area contributed by atoms with Crippen LogP contribution in [0.1, 0.15) is 15.9 Å². The largest absolute Gasteiger partial charge is 0.433 e. The molecule has 1 N–H and O–H groups in total. The molecule has 0 aliphatic heterocycles. The summed E-state index contributed by atoms with van der Waals surface area (Å²) in [7, 11) is 1.56. The molecule has 0 heterocycles. The van der Waals surface area contributed by atoms with Gasteiger partial charge in [0.25, 0.3) is 5.91 Å². The Balaban J connectivity index is 2.17. The van der Waals surface area contributed by atoms with Gasteiger partial charge in [-0.1, -0.05) is 24.3 Å². The smallest absolute Gasteiger partial charge is 0.387 e. The second kappa shape index (κ2) is 7.51. The minimum Gasteiger partial charge on any atom is -0.433 e. The van der Waals surface area contributed by atoms with Crippen LogP contribution in [-0.2, 0) is 11.3 Å². The first-order valence-electron chi connectivity index (χ1n) is 6.53. The van der Waals surface area contributed by atoms with Gasteiger partial charge in [0.05, 0.1) is 12.3 Å². The molecule has 22 heavy (non-hydrogen) atoms. The number of benzene rings is 2. The van der Waals surface area contributed by atoms with Gasteiger partial charge in [-0.2, -0.15) is 8.78 Å². The first-order valence-corrected chi connectivity index (χ1v) is 6.53. The number of anilines is 1. The molecule has 0 atom stereocenters. The number of nitrogens with one attached hydrogen (secondary N) is 1. The van der Waals surface area contributed by atoms with E-state index in [1.54, 1.807) is 37.4 Å². The molecule has 0 aliphatic rings. The van der Waals surface area contributed by atoms with E-state index in [0.717, 1.165) is 5.56 Å². The molecular weight excluding hydrogens is 292 g/mol. The maximum Gasteiger partial charge on any atom is 0.387 e. The summed E-state index contributed by atoms with van der Waals surface area (Å²) in [6, 6.07) is 12.9. The van der Waals surface area contributed by atoms with Crippen LogP contribution in [0, 0.1) is 0 Å². The van der Waals surface area contributed by atoms with E-state index in [4.69, 9.17) is 4.74 Å². The summed E-state index contributed by atoms with van der Waals surface area (Å²) in [5, 5.41) is 2.56. The van der Waals surface area contributed by atoms with Crippen LogP contribution < -0.4 is 10.1 Å². The fourth-order valence-electron chi connectivity index (χ4n) is 1.93. The number of methoxy groups -OCH3 is 1. The number of carbonyl (C=O) groups is 1. The van der Waals surface area contributed by atoms with Crippen LogP contribution in [0.5, 0.6) is 5.75 Å². The van der Waals surface area contributed by atoms with Crippen molar-refractivity contribution in [3.8, 4) is 5.75 Å².